The predicted molar refractivity (Wildman–Crippen MR) is 151 cm³/mol. The molecule has 7 nitrogen and oxygen atoms in total. The number of benzene rings is 3. The van der Waals surface area contributed by atoms with Crippen molar-refractivity contribution in [2.75, 3.05) is 0 Å². The van der Waals surface area contributed by atoms with Crippen LogP contribution in [0, 0.1) is 0 Å². The number of carbonyl (C=O) groups is 2. The number of fused-ring (bicyclic) bond motifs is 1. The molecule has 0 aliphatic carbocycles. The maximum Gasteiger partial charge on any atom is 0.355 e. The van der Waals surface area contributed by atoms with E-state index >= 15 is 0 Å². The van der Waals surface area contributed by atoms with E-state index in [-0.39, 0.29) is 5.69 Å². The summed E-state index contributed by atoms with van der Waals surface area (Å²) in [5, 5.41) is 10.5. The van der Waals surface area contributed by atoms with Crippen LogP contribution in [-0.4, -0.2) is 27.9 Å². The fourth-order valence-electron chi connectivity index (χ4n) is 3.58. The van der Waals surface area contributed by atoms with Crippen molar-refractivity contribution in [1.82, 2.24) is 15.2 Å². The zero-order valence-corrected chi connectivity index (χ0v) is 22.5. The Morgan fingerprint density at radius 1 is 1.03 bits per heavy atom. The number of rotatable bonds is 7. The van der Waals surface area contributed by atoms with Crippen molar-refractivity contribution in [3.8, 4) is 5.75 Å². The number of thiophene rings is 1. The standard InChI is InChI=1S/C27H17Cl3N4O3S/c28-18-9-8-17(21(29)13-18)15-34-11-10-22(33-34)26(35)32-31-14-16-4-3-5-19(12-16)37-27(36)25-24(30)20-6-1-2-7-23(20)38-25/h1-14H,15H2,(H,32,35)/b31-14-. The molecule has 3 aromatic carbocycles. The SMILES string of the molecule is O=C(N/N=C\c1cccc(OC(=O)c2sc3ccccc3c2Cl)c1)c1ccn(Cc2ccc(Cl)cc2Cl)n1. The summed E-state index contributed by atoms with van der Waals surface area (Å²) in [6, 6.07) is 21.0. The third-order valence-electron chi connectivity index (χ3n) is 5.39. The molecule has 0 atom stereocenters. The van der Waals surface area contributed by atoms with E-state index in [2.05, 4.69) is 15.6 Å². The minimum atomic E-state index is -0.547. The summed E-state index contributed by atoms with van der Waals surface area (Å²) in [6.07, 6.45) is 3.11. The molecule has 2 aromatic heterocycles. The van der Waals surface area contributed by atoms with Crippen molar-refractivity contribution in [3.05, 3.63) is 116 Å². The van der Waals surface area contributed by atoms with Crippen molar-refractivity contribution < 1.29 is 14.3 Å². The Labute approximate surface area is 236 Å². The first kappa shape index (κ1) is 25.9. The summed E-state index contributed by atoms with van der Waals surface area (Å²) < 4.78 is 8.02. The zero-order valence-electron chi connectivity index (χ0n) is 19.4. The highest BCUT2D eigenvalue weighted by Gasteiger charge is 2.19. The van der Waals surface area contributed by atoms with Crippen molar-refractivity contribution in [2.45, 2.75) is 6.54 Å². The number of hydrazone groups is 1. The van der Waals surface area contributed by atoms with E-state index in [4.69, 9.17) is 39.5 Å². The van der Waals surface area contributed by atoms with Gasteiger partial charge in [0.25, 0.3) is 5.91 Å². The Bertz CT molecular complexity index is 1700. The molecule has 1 N–H and O–H groups in total. The molecule has 0 aliphatic heterocycles. The van der Waals surface area contributed by atoms with Crippen molar-refractivity contribution >= 4 is 74.3 Å². The van der Waals surface area contributed by atoms with E-state index in [1.165, 1.54) is 17.6 Å². The molecule has 5 rings (SSSR count). The summed E-state index contributed by atoms with van der Waals surface area (Å²) in [6.45, 7) is 0.380. The number of nitrogens with one attached hydrogen (secondary N) is 1. The van der Waals surface area contributed by atoms with Crippen LogP contribution in [0.2, 0.25) is 15.1 Å². The molecule has 0 unspecified atom stereocenters. The summed E-state index contributed by atoms with van der Waals surface area (Å²) in [7, 11) is 0. The second kappa shape index (κ2) is 11.4. The van der Waals surface area contributed by atoms with Gasteiger partial charge in [0.1, 0.15) is 10.6 Å². The summed E-state index contributed by atoms with van der Waals surface area (Å²) in [4.78, 5) is 25.5. The largest absolute Gasteiger partial charge is 0.422 e. The number of ether oxygens (including phenoxy) is 1. The van der Waals surface area contributed by atoms with Crippen LogP contribution in [0.1, 0.15) is 31.3 Å². The van der Waals surface area contributed by atoms with Crippen LogP contribution < -0.4 is 10.2 Å². The second-order valence-corrected chi connectivity index (χ2v) is 10.3. The monoisotopic (exact) mass is 582 g/mol. The first-order valence-corrected chi connectivity index (χ1v) is 13.1. The fraction of sp³-hybridized carbons (Fsp3) is 0.0370. The van der Waals surface area contributed by atoms with Gasteiger partial charge in [-0.2, -0.15) is 10.2 Å². The van der Waals surface area contributed by atoms with E-state index in [1.807, 2.05) is 24.3 Å². The summed E-state index contributed by atoms with van der Waals surface area (Å²) in [5.74, 6) is -0.711. The van der Waals surface area contributed by atoms with Crippen LogP contribution in [0.3, 0.4) is 0 Å². The molecule has 0 saturated carbocycles. The topological polar surface area (TPSA) is 85.6 Å². The van der Waals surface area contributed by atoms with Crippen LogP contribution in [0.25, 0.3) is 10.1 Å². The lowest BCUT2D eigenvalue weighted by Gasteiger charge is -2.05. The van der Waals surface area contributed by atoms with Crippen molar-refractivity contribution in [1.29, 1.82) is 0 Å². The third kappa shape index (κ3) is 5.89. The van der Waals surface area contributed by atoms with Gasteiger partial charge in [0.05, 0.1) is 17.8 Å². The molecule has 0 bridgehead atoms. The number of carbonyl (C=O) groups excluding carboxylic acids is 2. The Kier molecular flexibility index (Phi) is 7.76. The second-order valence-electron chi connectivity index (χ2n) is 8.04. The van der Waals surface area contributed by atoms with Gasteiger partial charge >= 0.3 is 5.97 Å². The van der Waals surface area contributed by atoms with Crippen LogP contribution in [0.4, 0.5) is 0 Å². The molecule has 1 amide bonds. The molecule has 2 heterocycles. The average molecular weight is 584 g/mol. The molecule has 38 heavy (non-hydrogen) atoms. The lowest BCUT2D eigenvalue weighted by atomic mass is 10.2. The molecule has 190 valence electrons. The molecular formula is C27H17Cl3N4O3S. The predicted octanol–water partition coefficient (Wildman–Crippen LogP) is 7.09. The van der Waals surface area contributed by atoms with E-state index in [9.17, 15) is 9.59 Å². The lowest BCUT2D eigenvalue weighted by Crippen LogP contribution is -2.18. The molecule has 0 spiro atoms. The molecule has 0 saturated heterocycles. The number of halogens is 3. The van der Waals surface area contributed by atoms with Crippen LogP contribution >= 0.6 is 46.1 Å². The molecule has 0 radical (unpaired) electrons. The van der Waals surface area contributed by atoms with Crippen molar-refractivity contribution in [3.63, 3.8) is 0 Å². The third-order valence-corrected chi connectivity index (χ3v) is 7.63. The number of aromatic nitrogens is 2. The molecule has 11 heteroatoms. The van der Waals surface area contributed by atoms with Crippen LogP contribution in [0.15, 0.2) is 84.1 Å². The summed E-state index contributed by atoms with van der Waals surface area (Å²) >= 11 is 19.8. The van der Waals surface area contributed by atoms with Crippen LogP contribution in [0.5, 0.6) is 5.75 Å². The lowest BCUT2D eigenvalue weighted by molar-refractivity contribution is 0.0740. The molecule has 0 fully saturated rings. The highest BCUT2D eigenvalue weighted by molar-refractivity contribution is 7.21. The summed E-state index contributed by atoms with van der Waals surface area (Å²) in [5.41, 5.74) is 4.06. The number of esters is 1. The Morgan fingerprint density at radius 3 is 2.68 bits per heavy atom. The van der Waals surface area contributed by atoms with E-state index in [0.29, 0.717) is 37.8 Å². The number of nitrogens with zero attached hydrogens (tertiary/aromatic N) is 3. The Hall–Kier alpha value is -3.69. The average Bonchev–Trinajstić information content (AvgIpc) is 3.51. The van der Waals surface area contributed by atoms with Crippen molar-refractivity contribution in [2.24, 2.45) is 5.10 Å². The maximum absolute atomic E-state index is 12.7. The van der Waals surface area contributed by atoms with E-state index in [0.717, 1.165) is 15.6 Å². The molecular weight excluding hydrogens is 567 g/mol. The normalized spacial score (nSPS) is 11.2. The first-order chi connectivity index (χ1) is 18.4. The highest BCUT2D eigenvalue weighted by Crippen LogP contribution is 2.35. The smallest absolute Gasteiger partial charge is 0.355 e. The van der Waals surface area contributed by atoms with Gasteiger partial charge in [-0.1, -0.05) is 71.2 Å². The number of hydrogen-bond acceptors (Lipinski definition) is 6. The van der Waals surface area contributed by atoms with Gasteiger partial charge in [0.15, 0.2) is 5.69 Å². The first-order valence-electron chi connectivity index (χ1n) is 11.2. The zero-order chi connectivity index (χ0) is 26.6. The van der Waals surface area contributed by atoms with Gasteiger partial charge in [-0.05, 0) is 47.5 Å². The number of amides is 1. The van der Waals surface area contributed by atoms with Gasteiger partial charge in [0.2, 0.25) is 0 Å². The van der Waals surface area contributed by atoms with Gasteiger partial charge in [-0.25, -0.2) is 10.2 Å². The Balaban J connectivity index is 1.20. The molecule has 5 aromatic rings. The minimum Gasteiger partial charge on any atom is -0.422 e. The van der Waals surface area contributed by atoms with Gasteiger partial charge in [-0.3, -0.25) is 9.48 Å². The molecule has 0 aliphatic rings. The maximum atomic E-state index is 12.7. The number of hydrogen-bond donors (Lipinski definition) is 1. The minimum absolute atomic E-state index is 0.190. The van der Waals surface area contributed by atoms with Crippen LogP contribution in [-0.2, 0) is 6.54 Å². The Morgan fingerprint density at radius 2 is 1.87 bits per heavy atom. The quantitative estimate of drug-likeness (QED) is 0.0959. The van der Waals surface area contributed by atoms with E-state index in [1.54, 1.807) is 59.4 Å². The van der Waals surface area contributed by atoms with Gasteiger partial charge in [-0.15, -0.1) is 11.3 Å². The highest BCUT2D eigenvalue weighted by atomic mass is 35.5. The van der Waals surface area contributed by atoms with Gasteiger partial charge < -0.3 is 4.74 Å². The van der Waals surface area contributed by atoms with E-state index < -0.39 is 11.9 Å². The fourth-order valence-corrected chi connectivity index (χ4v) is 5.43. The van der Waals surface area contributed by atoms with Gasteiger partial charge in [0, 0.05) is 26.3 Å².